The fourth-order valence-electron chi connectivity index (χ4n) is 2.32. The maximum Gasteiger partial charge on any atom is 0.324 e. The highest BCUT2D eigenvalue weighted by molar-refractivity contribution is 7.89. The molecule has 0 bridgehead atoms. The van der Waals surface area contributed by atoms with Gasteiger partial charge in [-0.25, -0.2) is 12.8 Å². The molecule has 0 heterocycles. The maximum atomic E-state index is 13.2. The quantitative estimate of drug-likeness (QED) is 0.695. The van der Waals surface area contributed by atoms with Crippen LogP contribution >= 0.6 is 0 Å². The Hall–Kier alpha value is -2.45. The molecule has 2 rings (SSSR count). The minimum atomic E-state index is -3.93. The van der Waals surface area contributed by atoms with Crippen molar-refractivity contribution in [3.8, 4) is 5.75 Å². The van der Waals surface area contributed by atoms with Crippen molar-refractivity contribution in [2.75, 3.05) is 7.11 Å². The van der Waals surface area contributed by atoms with E-state index in [1.54, 1.807) is 19.9 Å². The molecule has 2 aromatic carbocycles. The van der Waals surface area contributed by atoms with Crippen LogP contribution in [0.4, 0.5) is 4.39 Å². The van der Waals surface area contributed by atoms with Gasteiger partial charge in [0.05, 0.1) is 12.0 Å². The minimum absolute atomic E-state index is 0.00637. The highest BCUT2D eigenvalue weighted by Gasteiger charge is 2.29. The summed E-state index contributed by atoms with van der Waals surface area (Å²) in [6, 6.07) is 10.4. The van der Waals surface area contributed by atoms with Gasteiger partial charge < -0.3 is 9.47 Å². The van der Waals surface area contributed by atoms with E-state index in [1.807, 2.05) is 0 Å². The van der Waals surface area contributed by atoms with Crippen LogP contribution < -0.4 is 9.46 Å². The van der Waals surface area contributed by atoms with Gasteiger partial charge in [-0.15, -0.1) is 0 Å². The van der Waals surface area contributed by atoms with Crippen molar-refractivity contribution in [1.29, 1.82) is 0 Å². The standard InChI is InChI=1S/C19H22FNO5S/c1-13(2)18(19(22)26-12-14-5-4-6-15(20)11-14)21-27(23,24)17-9-7-16(25-3)8-10-17/h4-11,13,18,21H,12H2,1-3H3. The van der Waals surface area contributed by atoms with E-state index >= 15 is 0 Å². The molecule has 27 heavy (non-hydrogen) atoms. The molecule has 0 spiro atoms. The van der Waals surface area contributed by atoms with Gasteiger partial charge in [-0.3, -0.25) is 4.79 Å². The molecule has 0 saturated heterocycles. The van der Waals surface area contributed by atoms with Crippen LogP contribution in [0.3, 0.4) is 0 Å². The molecule has 2 aromatic rings. The van der Waals surface area contributed by atoms with Gasteiger partial charge in [0.25, 0.3) is 0 Å². The van der Waals surface area contributed by atoms with Crippen LogP contribution in [0, 0.1) is 11.7 Å². The summed E-state index contributed by atoms with van der Waals surface area (Å²) in [7, 11) is -2.45. The third kappa shape index (κ3) is 5.77. The summed E-state index contributed by atoms with van der Waals surface area (Å²) in [4.78, 5) is 12.4. The molecule has 1 unspecified atom stereocenters. The summed E-state index contributed by atoms with van der Waals surface area (Å²) in [5, 5.41) is 0. The maximum absolute atomic E-state index is 13.2. The molecule has 0 aromatic heterocycles. The van der Waals surface area contributed by atoms with Gasteiger partial charge in [0, 0.05) is 0 Å². The van der Waals surface area contributed by atoms with Crippen molar-refractivity contribution >= 4 is 16.0 Å². The second kappa shape index (κ2) is 8.96. The first kappa shape index (κ1) is 20.9. The molecule has 6 nitrogen and oxygen atoms in total. The number of carbonyl (C=O) groups excluding carboxylic acids is 1. The summed E-state index contributed by atoms with van der Waals surface area (Å²) in [5.41, 5.74) is 0.476. The third-order valence-electron chi connectivity index (χ3n) is 3.84. The lowest BCUT2D eigenvalue weighted by Gasteiger charge is -2.21. The first-order valence-electron chi connectivity index (χ1n) is 8.30. The van der Waals surface area contributed by atoms with Gasteiger partial charge in [-0.05, 0) is 47.9 Å². The first-order chi connectivity index (χ1) is 12.7. The smallest absolute Gasteiger partial charge is 0.324 e. The van der Waals surface area contributed by atoms with Crippen molar-refractivity contribution in [3.05, 3.63) is 59.9 Å². The van der Waals surface area contributed by atoms with Crippen LogP contribution in [0.2, 0.25) is 0 Å². The largest absolute Gasteiger partial charge is 0.497 e. The summed E-state index contributed by atoms with van der Waals surface area (Å²) < 4.78 is 50.9. The molecule has 1 atom stereocenters. The lowest BCUT2D eigenvalue weighted by atomic mass is 10.1. The van der Waals surface area contributed by atoms with Crippen molar-refractivity contribution in [2.24, 2.45) is 5.92 Å². The zero-order valence-corrected chi connectivity index (χ0v) is 16.1. The Bertz CT molecular complexity index is 881. The Morgan fingerprint density at radius 1 is 1.15 bits per heavy atom. The van der Waals surface area contributed by atoms with Crippen LogP contribution in [0.1, 0.15) is 19.4 Å². The van der Waals surface area contributed by atoms with E-state index in [0.717, 1.165) is 0 Å². The Labute approximate surface area is 158 Å². The molecular formula is C19H22FNO5S. The number of esters is 1. The Kier molecular flexibility index (Phi) is 6.92. The predicted molar refractivity (Wildman–Crippen MR) is 98.1 cm³/mol. The molecule has 0 saturated carbocycles. The minimum Gasteiger partial charge on any atom is -0.497 e. The third-order valence-corrected chi connectivity index (χ3v) is 5.30. The summed E-state index contributed by atoms with van der Waals surface area (Å²) in [6.07, 6.45) is 0. The fourth-order valence-corrected chi connectivity index (χ4v) is 3.65. The number of ether oxygens (including phenoxy) is 2. The van der Waals surface area contributed by atoms with Gasteiger partial charge in [0.15, 0.2) is 0 Å². The van der Waals surface area contributed by atoms with Gasteiger partial charge in [-0.2, -0.15) is 4.72 Å². The molecule has 146 valence electrons. The van der Waals surface area contributed by atoms with E-state index in [2.05, 4.69) is 4.72 Å². The highest BCUT2D eigenvalue weighted by atomic mass is 32.2. The zero-order chi connectivity index (χ0) is 20.0. The lowest BCUT2D eigenvalue weighted by Crippen LogP contribution is -2.45. The number of carbonyl (C=O) groups is 1. The van der Waals surface area contributed by atoms with E-state index in [1.165, 1.54) is 49.6 Å². The van der Waals surface area contributed by atoms with Crippen LogP contribution in [0.5, 0.6) is 5.75 Å². The molecule has 1 N–H and O–H groups in total. The average Bonchev–Trinajstić information content (AvgIpc) is 2.64. The average molecular weight is 395 g/mol. The molecule has 0 radical (unpaired) electrons. The van der Waals surface area contributed by atoms with Crippen LogP contribution in [0.15, 0.2) is 53.4 Å². The summed E-state index contributed by atoms with van der Waals surface area (Å²) in [6.45, 7) is 3.25. The molecule has 0 fully saturated rings. The number of rotatable bonds is 8. The fraction of sp³-hybridized carbons (Fsp3) is 0.316. The molecule has 0 aliphatic heterocycles. The van der Waals surface area contributed by atoms with Gasteiger partial charge >= 0.3 is 5.97 Å². The monoisotopic (exact) mass is 395 g/mol. The number of hydrogen-bond donors (Lipinski definition) is 1. The van der Waals surface area contributed by atoms with E-state index in [-0.39, 0.29) is 17.4 Å². The second-order valence-electron chi connectivity index (χ2n) is 6.26. The summed E-state index contributed by atoms with van der Waals surface area (Å²) >= 11 is 0. The molecule has 0 aliphatic rings. The van der Waals surface area contributed by atoms with E-state index < -0.39 is 27.9 Å². The van der Waals surface area contributed by atoms with Crippen LogP contribution in [0.25, 0.3) is 0 Å². The molecule has 0 aliphatic carbocycles. The van der Waals surface area contributed by atoms with Gasteiger partial charge in [0.2, 0.25) is 10.0 Å². The molecular weight excluding hydrogens is 373 g/mol. The lowest BCUT2D eigenvalue weighted by molar-refractivity contribution is -0.148. The van der Waals surface area contributed by atoms with Crippen LogP contribution in [-0.2, 0) is 26.2 Å². The summed E-state index contributed by atoms with van der Waals surface area (Å²) in [5.74, 6) is -1.00. The number of benzene rings is 2. The second-order valence-corrected chi connectivity index (χ2v) is 7.97. The van der Waals surface area contributed by atoms with Crippen LogP contribution in [-0.4, -0.2) is 27.5 Å². The van der Waals surface area contributed by atoms with Gasteiger partial charge in [-0.1, -0.05) is 26.0 Å². The highest BCUT2D eigenvalue weighted by Crippen LogP contribution is 2.17. The van der Waals surface area contributed by atoms with Crippen molar-refractivity contribution in [1.82, 2.24) is 4.72 Å². The van der Waals surface area contributed by atoms with Gasteiger partial charge in [0.1, 0.15) is 24.2 Å². The van der Waals surface area contributed by atoms with Crippen molar-refractivity contribution < 1.29 is 27.1 Å². The topological polar surface area (TPSA) is 81.7 Å². The van der Waals surface area contributed by atoms with E-state index in [4.69, 9.17) is 9.47 Å². The van der Waals surface area contributed by atoms with E-state index in [0.29, 0.717) is 11.3 Å². The molecule has 8 heteroatoms. The number of methoxy groups -OCH3 is 1. The normalized spacial score (nSPS) is 12.6. The van der Waals surface area contributed by atoms with Crippen molar-refractivity contribution in [2.45, 2.75) is 31.4 Å². The first-order valence-corrected chi connectivity index (χ1v) is 9.78. The SMILES string of the molecule is COc1ccc(S(=O)(=O)NC(C(=O)OCc2cccc(F)c2)C(C)C)cc1. The Morgan fingerprint density at radius 2 is 1.81 bits per heavy atom. The number of hydrogen-bond acceptors (Lipinski definition) is 5. The van der Waals surface area contributed by atoms with E-state index in [9.17, 15) is 17.6 Å². The Balaban J connectivity index is 2.09. The number of nitrogens with one attached hydrogen (secondary N) is 1. The predicted octanol–water partition coefficient (Wildman–Crippen LogP) is 2.88. The van der Waals surface area contributed by atoms with Crippen molar-refractivity contribution in [3.63, 3.8) is 0 Å². The zero-order valence-electron chi connectivity index (χ0n) is 15.3. The molecule has 0 amide bonds. The number of halogens is 1. The number of sulfonamides is 1. The Morgan fingerprint density at radius 3 is 2.37 bits per heavy atom.